The van der Waals surface area contributed by atoms with Crippen LogP contribution in [0, 0.1) is 0 Å². The molecule has 2 aromatic carbocycles. The smallest absolute Gasteiger partial charge is 0.181 e. The van der Waals surface area contributed by atoms with Crippen LogP contribution >= 0.6 is 11.6 Å². The summed E-state index contributed by atoms with van der Waals surface area (Å²) in [5.41, 5.74) is 1.51. The minimum Gasteiger partial charge on any atom is -0.373 e. The van der Waals surface area contributed by atoms with Crippen molar-refractivity contribution in [1.82, 2.24) is 20.2 Å². The summed E-state index contributed by atoms with van der Waals surface area (Å²) in [6.45, 7) is 4.20. The molecule has 0 spiro atoms. The Morgan fingerprint density at radius 3 is 2.43 bits per heavy atom. The number of anilines is 1. The number of nitrogens with one attached hydrogen (secondary N) is 1. The van der Waals surface area contributed by atoms with Gasteiger partial charge in [-0.2, -0.15) is 4.68 Å². The maximum Gasteiger partial charge on any atom is 0.181 e. The van der Waals surface area contributed by atoms with Gasteiger partial charge in [-0.3, -0.25) is 0 Å². The van der Waals surface area contributed by atoms with Gasteiger partial charge in [0.25, 0.3) is 0 Å². The standard InChI is InChI=1S/C17H18ClN5/c1-3-17(2,19-14-7-5-4-6-8-14)16-20-21-22-23(16)15-11-9-13(18)10-12-15/h4-12,19H,3H2,1-2H3/t17-/m0/s1. The molecule has 0 aliphatic rings. The fraction of sp³-hybridized carbons (Fsp3) is 0.235. The second-order valence-corrected chi connectivity index (χ2v) is 6.00. The first kappa shape index (κ1) is 15.5. The third kappa shape index (κ3) is 3.19. The van der Waals surface area contributed by atoms with E-state index in [9.17, 15) is 0 Å². The normalized spacial score (nSPS) is 13.5. The highest BCUT2D eigenvalue weighted by Crippen LogP contribution is 2.29. The Balaban J connectivity index is 1.99. The predicted octanol–water partition coefficient (Wildman–Crippen LogP) is 4.05. The molecule has 0 amide bonds. The van der Waals surface area contributed by atoms with Crippen molar-refractivity contribution < 1.29 is 0 Å². The Labute approximate surface area is 140 Å². The lowest BCUT2D eigenvalue weighted by atomic mass is 9.97. The lowest BCUT2D eigenvalue weighted by Crippen LogP contribution is -2.34. The third-order valence-electron chi connectivity index (χ3n) is 3.94. The van der Waals surface area contributed by atoms with Gasteiger partial charge in [-0.25, -0.2) is 0 Å². The van der Waals surface area contributed by atoms with Crippen LogP contribution in [0.4, 0.5) is 5.69 Å². The summed E-state index contributed by atoms with van der Waals surface area (Å²) in [6, 6.07) is 17.5. The molecule has 3 aromatic rings. The van der Waals surface area contributed by atoms with E-state index < -0.39 is 5.54 Å². The molecule has 0 unspecified atom stereocenters. The lowest BCUT2D eigenvalue weighted by Gasteiger charge is -2.29. The molecule has 1 atom stereocenters. The average molecular weight is 328 g/mol. The number of hydrogen-bond acceptors (Lipinski definition) is 4. The van der Waals surface area contributed by atoms with Crippen LogP contribution in [0.3, 0.4) is 0 Å². The molecule has 1 N–H and O–H groups in total. The van der Waals surface area contributed by atoms with E-state index in [4.69, 9.17) is 11.6 Å². The molecule has 118 valence electrons. The number of tetrazole rings is 1. The molecule has 0 radical (unpaired) electrons. The first-order valence-corrected chi connectivity index (χ1v) is 7.88. The summed E-state index contributed by atoms with van der Waals surface area (Å²) < 4.78 is 1.75. The van der Waals surface area contributed by atoms with Crippen LogP contribution < -0.4 is 5.32 Å². The summed E-state index contributed by atoms with van der Waals surface area (Å²) in [4.78, 5) is 0. The fourth-order valence-corrected chi connectivity index (χ4v) is 2.56. The summed E-state index contributed by atoms with van der Waals surface area (Å²) in [6.07, 6.45) is 0.829. The van der Waals surface area contributed by atoms with Crippen LogP contribution in [0.15, 0.2) is 54.6 Å². The van der Waals surface area contributed by atoms with Gasteiger partial charge in [-0.1, -0.05) is 36.7 Å². The van der Waals surface area contributed by atoms with E-state index in [1.54, 1.807) is 4.68 Å². The highest BCUT2D eigenvalue weighted by atomic mass is 35.5. The SMILES string of the molecule is CC[C@](C)(Nc1ccccc1)c1nnnn1-c1ccc(Cl)cc1. The van der Waals surface area contributed by atoms with Crippen molar-refractivity contribution in [2.24, 2.45) is 0 Å². The molecule has 0 aliphatic carbocycles. The maximum absolute atomic E-state index is 5.96. The molecule has 0 saturated heterocycles. The molecule has 0 fully saturated rings. The molecule has 1 heterocycles. The van der Waals surface area contributed by atoms with Gasteiger partial charge in [0.1, 0.15) is 0 Å². The van der Waals surface area contributed by atoms with E-state index in [-0.39, 0.29) is 0 Å². The number of rotatable bonds is 5. The van der Waals surface area contributed by atoms with Crippen molar-refractivity contribution in [2.75, 3.05) is 5.32 Å². The Hall–Kier alpha value is -2.40. The molecule has 3 rings (SSSR count). The van der Waals surface area contributed by atoms with Crippen molar-refractivity contribution in [3.8, 4) is 5.69 Å². The molecule has 1 aromatic heterocycles. The van der Waals surface area contributed by atoms with Crippen molar-refractivity contribution in [2.45, 2.75) is 25.8 Å². The topological polar surface area (TPSA) is 55.6 Å². The van der Waals surface area contributed by atoms with Gasteiger partial charge in [0.05, 0.1) is 11.2 Å². The zero-order valence-electron chi connectivity index (χ0n) is 13.1. The quantitative estimate of drug-likeness (QED) is 0.768. The zero-order chi connectivity index (χ0) is 16.3. The van der Waals surface area contributed by atoms with Crippen molar-refractivity contribution in [3.05, 3.63) is 65.4 Å². The van der Waals surface area contributed by atoms with Crippen molar-refractivity contribution in [3.63, 3.8) is 0 Å². The average Bonchev–Trinajstić information content (AvgIpc) is 3.07. The molecule has 23 heavy (non-hydrogen) atoms. The second kappa shape index (κ2) is 6.38. The van der Waals surface area contributed by atoms with Crippen molar-refractivity contribution >= 4 is 17.3 Å². The monoisotopic (exact) mass is 327 g/mol. The highest BCUT2D eigenvalue weighted by molar-refractivity contribution is 6.30. The van der Waals surface area contributed by atoms with Gasteiger partial charge in [0.15, 0.2) is 5.82 Å². The largest absolute Gasteiger partial charge is 0.373 e. The molecular weight excluding hydrogens is 310 g/mol. The number of para-hydroxylation sites is 1. The maximum atomic E-state index is 5.96. The zero-order valence-corrected chi connectivity index (χ0v) is 13.8. The summed E-state index contributed by atoms with van der Waals surface area (Å²) >= 11 is 5.96. The summed E-state index contributed by atoms with van der Waals surface area (Å²) in [5, 5.41) is 16.5. The number of aromatic nitrogens is 4. The number of hydrogen-bond donors (Lipinski definition) is 1. The Kier molecular flexibility index (Phi) is 4.30. The van der Waals surface area contributed by atoms with Crippen LogP contribution in [0.2, 0.25) is 5.02 Å². The van der Waals surface area contributed by atoms with Crippen LogP contribution in [0.5, 0.6) is 0 Å². The van der Waals surface area contributed by atoms with E-state index in [1.165, 1.54) is 0 Å². The van der Waals surface area contributed by atoms with Gasteiger partial charge < -0.3 is 5.32 Å². The third-order valence-corrected chi connectivity index (χ3v) is 4.19. The lowest BCUT2D eigenvalue weighted by molar-refractivity contribution is 0.474. The van der Waals surface area contributed by atoms with Gasteiger partial charge in [-0.15, -0.1) is 5.10 Å². The molecule has 0 aliphatic heterocycles. The Bertz CT molecular complexity index is 769. The molecule has 0 bridgehead atoms. The van der Waals surface area contributed by atoms with Crippen LogP contribution in [0.25, 0.3) is 5.69 Å². The van der Waals surface area contributed by atoms with E-state index in [2.05, 4.69) is 34.7 Å². The van der Waals surface area contributed by atoms with E-state index in [0.29, 0.717) is 5.02 Å². The number of benzene rings is 2. The van der Waals surface area contributed by atoms with Crippen molar-refractivity contribution in [1.29, 1.82) is 0 Å². The second-order valence-electron chi connectivity index (χ2n) is 5.57. The first-order chi connectivity index (χ1) is 11.1. The predicted molar refractivity (Wildman–Crippen MR) is 91.9 cm³/mol. The summed E-state index contributed by atoms with van der Waals surface area (Å²) in [5.74, 6) is 0.756. The molecule has 5 nitrogen and oxygen atoms in total. The van der Waals surface area contributed by atoms with E-state index in [1.807, 2.05) is 54.6 Å². The number of halogens is 1. The van der Waals surface area contributed by atoms with Gasteiger partial charge in [0.2, 0.25) is 0 Å². The van der Waals surface area contributed by atoms with Gasteiger partial charge in [-0.05, 0) is 60.2 Å². The van der Waals surface area contributed by atoms with Crippen LogP contribution in [-0.4, -0.2) is 20.2 Å². The number of nitrogens with zero attached hydrogens (tertiary/aromatic N) is 4. The van der Waals surface area contributed by atoms with Gasteiger partial charge in [0, 0.05) is 10.7 Å². The molecular formula is C17H18ClN5. The summed E-state index contributed by atoms with van der Waals surface area (Å²) in [7, 11) is 0. The van der Waals surface area contributed by atoms with Gasteiger partial charge >= 0.3 is 0 Å². The van der Waals surface area contributed by atoms with E-state index >= 15 is 0 Å². The molecule has 6 heteroatoms. The first-order valence-electron chi connectivity index (χ1n) is 7.50. The Morgan fingerprint density at radius 1 is 1.09 bits per heavy atom. The Morgan fingerprint density at radius 2 is 1.78 bits per heavy atom. The highest BCUT2D eigenvalue weighted by Gasteiger charge is 2.31. The van der Waals surface area contributed by atoms with Crippen LogP contribution in [0.1, 0.15) is 26.1 Å². The minimum absolute atomic E-state index is 0.398. The molecule has 0 saturated carbocycles. The van der Waals surface area contributed by atoms with E-state index in [0.717, 1.165) is 23.6 Å². The van der Waals surface area contributed by atoms with Crippen LogP contribution in [-0.2, 0) is 5.54 Å². The fourth-order valence-electron chi connectivity index (χ4n) is 2.43. The minimum atomic E-state index is -0.398.